The summed E-state index contributed by atoms with van der Waals surface area (Å²) in [5.41, 5.74) is 3.41. The van der Waals surface area contributed by atoms with Gasteiger partial charge in [-0.1, -0.05) is 43.3 Å². The molecule has 0 radical (unpaired) electrons. The number of nitrogens with zero attached hydrogens (tertiary/aromatic N) is 1. The van der Waals surface area contributed by atoms with Crippen molar-refractivity contribution in [3.63, 3.8) is 0 Å². The van der Waals surface area contributed by atoms with Crippen molar-refractivity contribution in [1.82, 2.24) is 4.90 Å². The fourth-order valence-electron chi connectivity index (χ4n) is 3.50. The van der Waals surface area contributed by atoms with Crippen LogP contribution in [0.5, 0.6) is 0 Å². The van der Waals surface area contributed by atoms with Crippen LogP contribution in [0.15, 0.2) is 47.9 Å². The number of allylic oxidation sites excluding steroid dienone is 2. The smallest absolute Gasteiger partial charge is 0.255 e. The zero-order valence-electron chi connectivity index (χ0n) is 14.5. The number of amides is 1. The Morgan fingerprint density at radius 2 is 2.08 bits per heavy atom. The quantitative estimate of drug-likeness (QED) is 0.676. The van der Waals surface area contributed by atoms with E-state index in [1.165, 1.54) is 22.4 Å². The van der Waals surface area contributed by atoms with E-state index < -0.39 is 0 Å². The lowest BCUT2D eigenvalue weighted by Gasteiger charge is -2.36. The number of likely N-dealkylation sites (tertiary alicyclic amines) is 1. The molecule has 0 spiro atoms. The molecule has 0 bridgehead atoms. The molecule has 1 amide bonds. The van der Waals surface area contributed by atoms with Gasteiger partial charge in [0.05, 0.1) is 11.6 Å². The molecule has 3 rings (SSSR count). The molecular weight excluding hydrogens is 314 g/mol. The molecule has 24 heavy (non-hydrogen) atoms. The molecule has 1 fully saturated rings. The van der Waals surface area contributed by atoms with Crippen molar-refractivity contribution in [2.45, 2.75) is 45.6 Å². The highest BCUT2D eigenvalue weighted by Gasteiger charge is 2.29. The fourth-order valence-corrected chi connectivity index (χ4v) is 4.53. The van der Waals surface area contributed by atoms with Crippen LogP contribution in [0.1, 0.15) is 66.4 Å². The van der Waals surface area contributed by atoms with Crippen LogP contribution in [-0.2, 0) is 0 Å². The minimum Gasteiger partial charge on any atom is -0.332 e. The first kappa shape index (κ1) is 17.0. The van der Waals surface area contributed by atoms with E-state index in [1.54, 1.807) is 11.3 Å². The number of carbonyl (C=O) groups excluding carboxylic acids is 1. The summed E-state index contributed by atoms with van der Waals surface area (Å²) in [6.07, 6.45) is 6.49. The highest BCUT2D eigenvalue weighted by molar-refractivity contribution is 7.11. The largest absolute Gasteiger partial charge is 0.332 e. The Morgan fingerprint density at radius 1 is 1.29 bits per heavy atom. The molecule has 1 aliphatic rings. The third-order valence-electron chi connectivity index (χ3n) is 4.84. The van der Waals surface area contributed by atoms with E-state index in [9.17, 15) is 4.79 Å². The molecule has 1 aromatic heterocycles. The van der Waals surface area contributed by atoms with Crippen LogP contribution < -0.4 is 0 Å². The van der Waals surface area contributed by atoms with Gasteiger partial charge < -0.3 is 4.90 Å². The lowest BCUT2D eigenvalue weighted by molar-refractivity contribution is 0.0612. The molecule has 0 saturated carbocycles. The van der Waals surface area contributed by atoms with Crippen LogP contribution in [0.3, 0.4) is 0 Å². The van der Waals surface area contributed by atoms with Crippen LogP contribution in [0.4, 0.5) is 0 Å². The molecule has 1 unspecified atom stereocenters. The first-order valence-corrected chi connectivity index (χ1v) is 9.72. The standard InChI is InChI=1S/C21H25NOS/c1-3-16(4-2)20-14-18(15-24-20)21(23)22-13-9-8-12-19(22)17-10-6-5-7-11-17/h3,5-7,10-11,14-15,19H,4,8-9,12-13H2,1-2H3/b16-3-. The van der Waals surface area contributed by atoms with Crippen molar-refractivity contribution < 1.29 is 4.79 Å². The minimum absolute atomic E-state index is 0.178. The number of rotatable bonds is 4. The Bertz CT molecular complexity index is 716. The van der Waals surface area contributed by atoms with E-state index in [-0.39, 0.29) is 11.9 Å². The minimum atomic E-state index is 0.178. The third kappa shape index (κ3) is 3.46. The van der Waals surface area contributed by atoms with Crippen LogP contribution in [0.25, 0.3) is 5.57 Å². The van der Waals surface area contributed by atoms with E-state index >= 15 is 0 Å². The predicted octanol–water partition coefficient (Wildman–Crippen LogP) is 5.93. The van der Waals surface area contributed by atoms with Gasteiger partial charge in [-0.2, -0.15) is 0 Å². The van der Waals surface area contributed by atoms with Gasteiger partial charge >= 0.3 is 0 Å². The Labute approximate surface area is 148 Å². The molecule has 1 aromatic carbocycles. The van der Waals surface area contributed by atoms with Crippen molar-refractivity contribution in [3.05, 3.63) is 63.9 Å². The van der Waals surface area contributed by atoms with Crippen LogP contribution >= 0.6 is 11.3 Å². The normalized spacial score (nSPS) is 18.7. The van der Waals surface area contributed by atoms with Crippen molar-refractivity contribution in [2.75, 3.05) is 6.54 Å². The molecule has 0 aliphatic carbocycles. The van der Waals surface area contributed by atoms with Crippen molar-refractivity contribution in [2.24, 2.45) is 0 Å². The van der Waals surface area contributed by atoms with Gasteiger partial charge in [-0.15, -0.1) is 11.3 Å². The Balaban J connectivity index is 1.85. The van der Waals surface area contributed by atoms with E-state index in [0.29, 0.717) is 0 Å². The SMILES string of the molecule is C/C=C(/CC)c1cc(C(=O)N2CCCCC2c2ccccc2)cs1. The molecule has 1 aliphatic heterocycles. The molecule has 0 N–H and O–H groups in total. The molecule has 2 heterocycles. The van der Waals surface area contributed by atoms with Gasteiger partial charge in [-0.25, -0.2) is 0 Å². The van der Waals surface area contributed by atoms with Crippen molar-refractivity contribution in [1.29, 1.82) is 0 Å². The summed E-state index contributed by atoms with van der Waals surface area (Å²) in [5.74, 6) is 0.178. The van der Waals surface area contributed by atoms with E-state index in [0.717, 1.165) is 31.4 Å². The summed E-state index contributed by atoms with van der Waals surface area (Å²) in [6, 6.07) is 12.7. The highest BCUT2D eigenvalue weighted by Crippen LogP contribution is 2.33. The summed E-state index contributed by atoms with van der Waals surface area (Å²) in [6.45, 7) is 5.08. The zero-order valence-corrected chi connectivity index (χ0v) is 15.3. The van der Waals surface area contributed by atoms with Gasteiger partial charge in [0.25, 0.3) is 5.91 Å². The zero-order chi connectivity index (χ0) is 16.9. The van der Waals surface area contributed by atoms with Crippen molar-refractivity contribution in [3.8, 4) is 0 Å². The topological polar surface area (TPSA) is 20.3 Å². The molecule has 2 aromatic rings. The highest BCUT2D eigenvalue weighted by atomic mass is 32.1. The average molecular weight is 340 g/mol. The first-order valence-electron chi connectivity index (χ1n) is 8.84. The van der Waals surface area contributed by atoms with E-state index in [2.05, 4.69) is 55.2 Å². The maximum atomic E-state index is 13.1. The molecule has 3 heteroatoms. The molecular formula is C21H25NOS. The Hall–Kier alpha value is -1.87. The second-order valence-electron chi connectivity index (χ2n) is 6.29. The number of hydrogen-bond donors (Lipinski definition) is 0. The summed E-state index contributed by atoms with van der Waals surface area (Å²) >= 11 is 1.68. The summed E-state index contributed by atoms with van der Waals surface area (Å²) < 4.78 is 0. The van der Waals surface area contributed by atoms with E-state index in [1.807, 2.05) is 11.4 Å². The van der Waals surface area contributed by atoms with E-state index in [4.69, 9.17) is 0 Å². The van der Waals surface area contributed by atoms with Gasteiger partial charge in [0.2, 0.25) is 0 Å². The maximum absolute atomic E-state index is 13.1. The predicted molar refractivity (Wildman–Crippen MR) is 102 cm³/mol. The number of carbonyl (C=O) groups is 1. The van der Waals surface area contributed by atoms with Crippen LogP contribution in [-0.4, -0.2) is 17.4 Å². The Kier molecular flexibility index (Phi) is 5.52. The maximum Gasteiger partial charge on any atom is 0.255 e. The van der Waals surface area contributed by atoms with Gasteiger partial charge in [0, 0.05) is 16.8 Å². The van der Waals surface area contributed by atoms with Gasteiger partial charge in [0.15, 0.2) is 0 Å². The number of piperidine rings is 1. The van der Waals surface area contributed by atoms with Gasteiger partial charge in [-0.3, -0.25) is 4.79 Å². The second-order valence-corrected chi connectivity index (χ2v) is 7.20. The average Bonchev–Trinajstić information content (AvgIpc) is 3.13. The molecule has 2 nitrogen and oxygen atoms in total. The van der Waals surface area contributed by atoms with Gasteiger partial charge in [-0.05, 0) is 49.8 Å². The molecule has 1 atom stereocenters. The van der Waals surface area contributed by atoms with Crippen molar-refractivity contribution >= 4 is 22.8 Å². The Morgan fingerprint density at radius 3 is 2.79 bits per heavy atom. The molecule has 126 valence electrons. The fraction of sp³-hybridized carbons (Fsp3) is 0.381. The lowest BCUT2D eigenvalue weighted by atomic mass is 9.94. The number of hydrogen-bond acceptors (Lipinski definition) is 2. The molecule has 1 saturated heterocycles. The summed E-state index contributed by atoms with van der Waals surface area (Å²) in [4.78, 5) is 16.4. The monoisotopic (exact) mass is 339 g/mol. The third-order valence-corrected chi connectivity index (χ3v) is 5.85. The van der Waals surface area contributed by atoms with Gasteiger partial charge in [0.1, 0.15) is 0 Å². The number of thiophene rings is 1. The summed E-state index contributed by atoms with van der Waals surface area (Å²) in [5, 5.41) is 2.02. The number of benzene rings is 1. The van der Waals surface area contributed by atoms with Crippen LogP contribution in [0.2, 0.25) is 0 Å². The lowest BCUT2D eigenvalue weighted by Crippen LogP contribution is -2.38. The van der Waals surface area contributed by atoms with Crippen LogP contribution in [0, 0.1) is 0 Å². The second kappa shape index (κ2) is 7.80. The first-order chi connectivity index (χ1) is 11.7. The summed E-state index contributed by atoms with van der Waals surface area (Å²) in [7, 11) is 0.